The molecule has 1 atom stereocenters. The van der Waals surface area contributed by atoms with Crippen LogP contribution in [-0.4, -0.2) is 53.3 Å². The summed E-state index contributed by atoms with van der Waals surface area (Å²) in [5, 5.41) is 5.65. The molecule has 3 aromatic rings. The highest BCUT2D eigenvalue weighted by molar-refractivity contribution is 5.91. The van der Waals surface area contributed by atoms with Crippen LogP contribution in [0.15, 0.2) is 30.3 Å². The number of nitrogens with zero attached hydrogens (tertiary/aromatic N) is 3. The van der Waals surface area contributed by atoms with E-state index in [2.05, 4.69) is 25.6 Å². The highest BCUT2D eigenvalue weighted by Crippen LogP contribution is 2.29. The Balaban J connectivity index is 1.58. The number of hydrogen-bond acceptors (Lipinski definition) is 8. The van der Waals surface area contributed by atoms with Crippen molar-refractivity contribution in [3.8, 4) is 17.1 Å². The molecular formula is C22H25FN6O3. The fraction of sp³-hybridized carbons (Fsp3) is 0.364. The number of nitrogens with two attached hydrogens (primary N) is 1. The second-order valence-electron chi connectivity index (χ2n) is 7.40. The quantitative estimate of drug-likeness (QED) is 0.457. The highest BCUT2D eigenvalue weighted by Gasteiger charge is 2.21. The standard InChI is InChI=1S/C22H25FN6O3/c1-2-25-9-7-19(30)26-17-4-3-13(11-15(17)23)16-5-6-18-20(27-16)21(29-22(24)28-18)32-14-8-10-31-12-14/h3-6,11,14,25H,2,7-10,12H2,1H3,(H,26,30)(H2,24,28,29)/t14-/m1/s1. The lowest BCUT2D eigenvalue weighted by molar-refractivity contribution is -0.116. The van der Waals surface area contributed by atoms with Gasteiger partial charge in [0.2, 0.25) is 17.7 Å². The van der Waals surface area contributed by atoms with E-state index in [-0.39, 0.29) is 35.9 Å². The maximum Gasteiger partial charge on any atom is 0.245 e. The van der Waals surface area contributed by atoms with Gasteiger partial charge in [-0.15, -0.1) is 0 Å². The van der Waals surface area contributed by atoms with Gasteiger partial charge in [-0.2, -0.15) is 4.98 Å². The number of ether oxygens (including phenoxy) is 2. The largest absolute Gasteiger partial charge is 0.470 e. The van der Waals surface area contributed by atoms with Crippen molar-refractivity contribution in [2.24, 2.45) is 0 Å². The molecular weight excluding hydrogens is 415 g/mol. The maximum absolute atomic E-state index is 14.7. The van der Waals surface area contributed by atoms with Crippen LogP contribution in [0.4, 0.5) is 16.0 Å². The molecule has 168 valence electrons. The van der Waals surface area contributed by atoms with Crippen LogP contribution >= 0.6 is 0 Å². The Hall–Kier alpha value is -3.37. The molecule has 3 heterocycles. The van der Waals surface area contributed by atoms with E-state index < -0.39 is 5.82 Å². The summed E-state index contributed by atoms with van der Waals surface area (Å²) >= 11 is 0. The summed E-state index contributed by atoms with van der Waals surface area (Å²) in [5.74, 6) is -0.445. The smallest absolute Gasteiger partial charge is 0.245 e. The van der Waals surface area contributed by atoms with Crippen molar-refractivity contribution in [3.63, 3.8) is 0 Å². The number of anilines is 2. The molecule has 0 bridgehead atoms. The molecule has 0 saturated carbocycles. The molecule has 10 heteroatoms. The number of fused-ring (bicyclic) bond motifs is 1. The van der Waals surface area contributed by atoms with Gasteiger partial charge in [0.25, 0.3) is 0 Å². The fourth-order valence-corrected chi connectivity index (χ4v) is 3.38. The second kappa shape index (κ2) is 9.84. The van der Waals surface area contributed by atoms with Crippen LogP contribution in [0.3, 0.4) is 0 Å². The minimum atomic E-state index is -0.547. The number of nitrogens with one attached hydrogen (secondary N) is 2. The predicted molar refractivity (Wildman–Crippen MR) is 119 cm³/mol. The first-order valence-electron chi connectivity index (χ1n) is 10.5. The van der Waals surface area contributed by atoms with E-state index >= 15 is 0 Å². The molecule has 4 N–H and O–H groups in total. The molecule has 4 rings (SSSR count). The van der Waals surface area contributed by atoms with Gasteiger partial charge in [0.1, 0.15) is 11.9 Å². The molecule has 9 nitrogen and oxygen atoms in total. The summed E-state index contributed by atoms with van der Waals surface area (Å²) in [5.41, 5.74) is 7.96. The van der Waals surface area contributed by atoms with Crippen LogP contribution in [0, 0.1) is 5.82 Å². The molecule has 0 aliphatic carbocycles. The molecule has 1 saturated heterocycles. The van der Waals surface area contributed by atoms with Crippen LogP contribution in [0.25, 0.3) is 22.3 Å². The Morgan fingerprint density at radius 3 is 2.91 bits per heavy atom. The monoisotopic (exact) mass is 440 g/mol. The molecule has 1 aliphatic heterocycles. The van der Waals surface area contributed by atoms with Crippen molar-refractivity contribution in [1.82, 2.24) is 20.3 Å². The molecule has 1 amide bonds. The SMILES string of the molecule is CCNCCC(=O)Nc1ccc(-c2ccc3nc(N)nc(O[C@@H]4CCOC4)c3n2)cc1F. The van der Waals surface area contributed by atoms with Crippen molar-refractivity contribution in [1.29, 1.82) is 0 Å². The van der Waals surface area contributed by atoms with E-state index in [1.54, 1.807) is 18.2 Å². The van der Waals surface area contributed by atoms with Gasteiger partial charge in [-0.05, 0) is 30.8 Å². The third-order valence-electron chi connectivity index (χ3n) is 5.01. The Bertz CT molecular complexity index is 1120. The Morgan fingerprint density at radius 1 is 1.28 bits per heavy atom. The summed E-state index contributed by atoms with van der Waals surface area (Å²) in [6, 6.07) is 8.01. The van der Waals surface area contributed by atoms with Gasteiger partial charge >= 0.3 is 0 Å². The number of pyridine rings is 1. The summed E-state index contributed by atoms with van der Waals surface area (Å²) in [7, 11) is 0. The molecule has 0 unspecified atom stereocenters. The molecule has 0 radical (unpaired) electrons. The van der Waals surface area contributed by atoms with Crippen molar-refractivity contribution in [2.75, 3.05) is 37.4 Å². The minimum Gasteiger partial charge on any atom is -0.470 e. The van der Waals surface area contributed by atoms with Gasteiger partial charge in [0.15, 0.2) is 5.52 Å². The van der Waals surface area contributed by atoms with E-state index in [1.807, 2.05) is 6.92 Å². The average Bonchev–Trinajstić information content (AvgIpc) is 3.28. The fourth-order valence-electron chi connectivity index (χ4n) is 3.38. The van der Waals surface area contributed by atoms with Gasteiger partial charge in [0, 0.05) is 24.9 Å². The number of carbonyl (C=O) groups is 1. The number of halogens is 1. The Morgan fingerprint density at radius 2 is 2.16 bits per heavy atom. The van der Waals surface area contributed by atoms with Gasteiger partial charge in [0.05, 0.1) is 30.1 Å². The summed E-state index contributed by atoms with van der Waals surface area (Å²) < 4.78 is 26.0. The third-order valence-corrected chi connectivity index (χ3v) is 5.01. The number of benzene rings is 1. The van der Waals surface area contributed by atoms with E-state index in [1.165, 1.54) is 12.1 Å². The van der Waals surface area contributed by atoms with Crippen LogP contribution in [0.2, 0.25) is 0 Å². The van der Waals surface area contributed by atoms with Gasteiger partial charge < -0.3 is 25.8 Å². The van der Waals surface area contributed by atoms with E-state index in [9.17, 15) is 9.18 Å². The van der Waals surface area contributed by atoms with Crippen molar-refractivity contribution in [2.45, 2.75) is 25.9 Å². The zero-order chi connectivity index (χ0) is 22.5. The van der Waals surface area contributed by atoms with E-state index in [0.29, 0.717) is 42.0 Å². The Labute approximate surface area is 184 Å². The van der Waals surface area contributed by atoms with Gasteiger partial charge in [-0.1, -0.05) is 13.0 Å². The number of hydrogen-bond donors (Lipinski definition) is 3. The lowest BCUT2D eigenvalue weighted by Gasteiger charge is -2.13. The highest BCUT2D eigenvalue weighted by atomic mass is 19.1. The predicted octanol–water partition coefficient (Wildman–Crippen LogP) is 2.52. The number of amides is 1. The maximum atomic E-state index is 14.7. The van der Waals surface area contributed by atoms with Crippen LogP contribution < -0.4 is 21.1 Å². The number of carbonyl (C=O) groups excluding carboxylic acids is 1. The number of rotatable bonds is 8. The van der Waals surface area contributed by atoms with E-state index in [0.717, 1.165) is 13.0 Å². The second-order valence-corrected chi connectivity index (χ2v) is 7.40. The van der Waals surface area contributed by atoms with E-state index in [4.69, 9.17) is 15.2 Å². The topological polar surface area (TPSA) is 124 Å². The number of nitrogen functional groups attached to an aromatic ring is 1. The zero-order valence-corrected chi connectivity index (χ0v) is 17.7. The molecule has 0 spiro atoms. The van der Waals surface area contributed by atoms with Crippen LogP contribution in [-0.2, 0) is 9.53 Å². The molecule has 1 aromatic carbocycles. The molecule has 2 aromatic heterocycles. The lowest BCUT2D eigenvalue weighted by Crippen LogP contribution is -2.21. The third kappa shape index (κ3) is 5.09. The zero-order valence-electron chi connectivity index (χ0n) is 17.7. The molecule has 1 aliphatic rings. The Kier molecular flexibility index (Phi) is 6.72. The van der Waals surface area contributed by atoms with Crippen molar-refractivity contribution < 1.29 is 18.7 Å². The van der Waals surface area contributed by atoms with Crippen molar-refractivity contribution >= 4 is 28.6 Å². The van der Waals surface area contributed by atoms with Crippen LogP contribution in [0.1, 0.15) is 19.8 Å². The number of aromatic nitrogens is 3. The van der Waals surface area contributed by atoms with Crippen LogP contribution in [0.5, 0.6) is 5.88 Å². The summed E-state index contributed by atoms with van der Waals surface area (Å²) in [4.78, 5) is 25.0. The first-order valence-corrected chi connectivity index (χ1v) is 10.5. The van der Waals surface area contributed by atoms with Gasteiger partial charge in [-0.3, -0.25) is 4.79 Å². The molecule has 1 fully saturated rings. The summed E-state index contributed by atoms with van der Waals surface area (Å²) in [6.07, 6.45) is 0.878. The molecule has 32 heavy (non-hydrogen) atoms. The lowest BCUT2D eigenvalue weighted by atomic mass is 10.1. The first-order chi connectivity index (χ1) is 15.5. The average molecular weight is 440 g/mol. The van der Waals surface area contributed by atoms with Gasteiger partial charge in [-0.25, -0.2) is 14.4 Å². The van der Waals surface area contributed by atoms with Crippen molar-refractivity contribution in [3.05, 3.63) is 36.1 Å². The first kappa shape index (κ1) is 21.8. The minimum absolute atomic E-state index is 0.0845. The summed E-state index contributed by atoms with van der Waals surface area (Å²) in [6.45, 7) is 4.36. The normalized spacial score (nSPS) is 15.8.